The average Bonchev–Trinajstić information content (AvgIpc) is 2.77. The first-order valence-corrected chi connectivity index (χ1v) is 6.48. The van der Waals surface area contributed by atoms with Crippen LogP contribution in [0.5, 0.6) is 0 Å². The molecule has 1 unspecified atom stereocenters. The number of nitrogens with one attached hydrogen (secondary N) is 1. The van der Waals surface area contributed by atoms with E-state index in [4.69, 9.17) is 0 Å². The molecule has 18 heavy (non-hydrogen) atoms. The van der Waals surface area contributed by atoms with Gasteiger partial charge in [-0.2, -0.15) is 0 Å². The van der Waals surface area contributed by atoms with Gasteiger partial charge in [-0.3, -0.25) is 4.79 Å². The molecule has 1 amide bonds. The molecule has 3 nitrogen and oxygen atoms in total. The fourth-order valence-corrected chi connectivity index (χ4v) is 2.45. The number of benzene rings is 1. The zero-order valence-corrected chi connectivity index (χ0v) is 10.9. The molecular formula is C14H19FN2O. The van der Waals surface area contributed by atoms with Gasteiger partial charge in [0.15, 0.2) is 0 Å². The van der Waals surface area contributed by atoms with Gasteiger partial charge < -0.3 is 10.2 Å². The number of likely N-dealkylation sites (tertiary alicyclic amines) is 1. The van der Waals surface area contributed by atoms with E-state index in [2.05, 4.69) is 5.32 Å². The van der Waals surface area contributed by atoms with Gasteiger partial charge in [-0.1, -0.05) is 6.07 Å². The molecule has 1 aliphatic rings. The lowest BCUT2D eigenvalue weighted by Gasteiger charge is -2.23. The fraction of sp³-hybridized carbons (Fsp3) is 0.500. The maximum atomic E-state index is 13.7. The molecule has 1 N–H and O–H groups in total. The van der Waals surface area contributed by atoms with Gasteiger partial charge in [0.05, 0.1) is 11.3 Å². The van der Waals surface area contributed by atoms with Crippen molar-refractivity contribution in [3.8, 4) is 0 Å². The lowest BCUT2D eigenvalue weighted by Crippen LogP contribution is -2.34. The van der Waals surface area contributed by atoms with Crippen molar-refractivity contribution in [2.75, 3.05) is 18.4 Å². The number of amides is 1. The number of halogens is 1. The third-order valence-corrected chi connectivity index (χ3v) is 3.41. The Balaban J connectivity index is 2.32. The Hall–Kier alpha value is -1.58. The maximum Gasteiger partial charge on any atom is 0.256 e. The van der Waals surface area contributed by atoms with Crippen LogP contribution in [0.25, 0.3) is 0 Å². The van der Waals surface area contributed by atoms with Crippen molar-refractivity contribution in [1.29, 1.82) is 0 Å². The van der Waals surface area contributed by atoms with Gasteiger partial charge in [-0.25, -0.2) is 4.39 Å². The Morgan fingerprint density at radius 2 is 2.33 bits per heavy atom. The minimum Gasteiger partial charge on any atom is -0.382 e. The van der Waals surface area contributed by atoms with E-state index in [1.165, 1.54) is 6.07 Å². The summed E-state index contributed by atoms with van der Waals surface area (Å²) in [5.74, 6) is -0.440. The average molecular weight is 250 g/mol. The molecule has 0 aliphatic carbocycles. The highest BCUT2D eigenvalue weighted by Gasteiger charge is 2.28. The third kappa shape index (κ3) is 2.33. The van der Waals surface area contributed by atoms with E-state index in [1.54, 1.807) is 12.1 Å². The number of hydrogen-bond donors (Lipinski definition) is 1. The summed E-state index contributed by atoms with van der Waals surface area (Å²) in [5.41, 5.74) is 0.759. The van der Waals surface area contributed by atoms with Crippen LogP contribution in [0.1, 0.15) is 37.0 Å². The molecule has 0 spiro atoms. The zero-order chi connectivity index (χ0) is 13.1. The Morgan fingerprint density at radius 1 is 1.56 bits per heavy atom. The second kappa shape index (κ2) is 5.38. The van der Waals surface area contributed by atoms with Gasteiger partial charge in [0, 0.05) is 19.1 Å². The largest absolute Gasteiger partial charge is 0.382 e. The van der Waals surface area contributed by atoms with Crippen LogP contribution in [-0.2, 0) is 0 Å². The van der Waals surface area contributed by atoms with Crippen molar-refractivity contribution in [2.45, 2.75) is 32.7 Å². The lowest BCUT2D eigenvalue weighted by atomic mass is 10.1. The Morgan fingerprint density at radius 3 is 2.94 bits per heavy atom. The summed E-state index contributed by atoms with van der Waals surface area (Å²) in [4.78, 5) is 14.3. The molecule has 0 aromatic heterocycles. The van der Waals surface area contributed by atoms with Crippen LogP contribution in [0.3, 0.4) is 0 Å². The predicted octanol–water partition coefficient (Wildman–Crippen LogP) is 2.88. The smallest absolute Gasteiger partial charge is 0.256 e. The monoisotopic (exact) mass is 250 g/mol. The molecule has 1 atom stereocenters. The highest BCUT2D eigenvalue weighted by atomic mass is 19.1. The van der Waals surface area contributed by atoms with Crippen molar-refractivity contribution in [2.24, 2.45) is 0 Å². The van der Waals surface area contributed by atoms with Crippen molar-refractivity contribution in [3.05, 3.63) is 29.6 Å². The number of hydrogen-bond acceptors (Lipinski definition) is 2. The number of carbonyl (C=O) groups excluding carboxylic acids is 1. The van der Waals surface area contributed by atoms with E-state index in [0.717, 1.165) is 19.4 Å². The molecule has 1 aliphatic heterocycles. The first-order chi connectivity index (χ1) is 8.65. The minimum atomic E-state index is -0.366. The van der Waals surface area contributed by atoms with E-state index < -0.39 is 0 Å². The van der Waals surface area contributed by atoms with E-state index >= 15 is 0 Å². The summed E-state index contributed by atoms with van der Waals surface area (Å²) in [6, 6.07) is 4.90. The van der Waals surface area contributed by atoms with Gasteiger partial charge in [-0.05, 0) is 38.8 Å². The van der Waals surface area contributed by atoms with Gasteiger partial charge in [0.2, 0.25) is 0 Å². The summed E-state index contributed by atoms with van der Waals surface area (Å²) >= 11 is 0. The van der Waals surface area contributed by atoms with E-state index in [-0.39, 0.29) is 17.8 Å². The molecule has 0 radical (unpaired) electrons. The highest BCUT2D eigenvalue weighted by Crippen LogP contribution is 2.25. The molecular weight excluding hydrogens is 231 g/mol. The molecule has 1 fully saturated rings. The molecule has 1 aromatic carbocycles. The number of anilines is 1. The molecule has 1 heterocycles. The van der Waals surface area contributed by atoms with Gasteiger partial charge in [0.25, 0.3) is 5.91 Å². The molecule has 1 aromatic rings. The summed E-state index contributed by atoms with van der Waals surface area (Å²) in [7, 11) is 0. The zero-order valence-electron chi connectivity index (χ0n) is 10.9. The molecule has 1 saturated heterocycles. The Bertz CT molecular complexity index is 447. The first kappa shape index (κ1) is 12.9. The molecule has 98 valence electrons. The first-order valence-electron chi connectivity index (χ1n) is 6.48. The van der Waals surface area contributed by atoms with Crippen LogP contribution in [0.2, 0.25) is 0 Å². The van der Waals surface area contributed by atoms with Gasteiger partial charge in [0.1, 0.15) is 5.82 Å². The van der Waals surface area contributed by atoms with Crippen LogP contribution in [-0.4, -0.2) is 29.9 Å². The topological polar surface area (TPSA) is 32.3 Å². The van der Waals surface area contributed by atoms with Crippen LogP contribution in [0.15, 0.2) is 18.2 Å². The second-order valence-electron chi connectivity index (χ2n) is 4.68. The van der Waals surface area contributed by atoms with Gasteiger partial charge >= 0.3 is 0 Å². The summed E-state index contributed by atoms with van der Waals surface area (Å²) in [6.07, 6.45) is 2.05. The van der Waals surface area contributed by atoms with Crippen LogP contribution >= 0.6 is 0 Å². The van der Waals surface area contributed by atoms with Crippen LogP contribution in [0.4, 0.5) is 10.1 Å². The van der Waals surface area contributed by atoms with Crippen molar-refractivity contribution < 1.29 is 9.18 Å². The van der Waals surface area contributed by atoms with Crippen LogP contribution in [0, 0.1) is 5.82 Å². The highest BCUT2D eigenvalue weighted by molar-refractivity contribution is 6.00. The normalized spacial score (nSPS) is 19.1. The van der Waals surface area contributed by atoms with Gasteiger partial charge in [-0.15, -0.1) is 0 Å². The standard InChI is InChI=1S/C14H19FN2O/c1-3-16-13-11(7-4-8-12(13)15)14(18)17-9-5-6-10(17)2/h4,7-8,10,16H,3,5-6,9H2,1-2H3. The van der Waals surface area contributed by atoms with E-state index in [9.17, 15) is 9.18 Å². The molecule has 2 rings (SSSR count). The second-order valence-corrected chi connectivity index (χ2v) is 4.68. The third-order valence-electron chi connectivity index (χ3n) is 3.41. The summed E-state index contributed by atoms with van der Waals surface area (Å²) < 4.78 is 13.7. The minimum absolute atomic E-state index is 0.0737. The summed E-state index contributed by atoms with van der Waals surface area (Å²) in [5, 5.41) is 2.94. The Kier molecular flexibility index (Phi) is 3.84. The molecule has 4 heteroatoms. The number of nitrogens with zero attached hydrogens (tertiary/aromatic N) is 1. The molecule has 0 saturated carbocycles. The van der Waals surface area contributed by atoms with Crippen molar-refractivity contribution >= 4 is 11.6 Å². The number of carbonyl (C=O) groups is 1. The fourth-order valence-electron chi connectivity index (χ4n) is 2.45. The molecule has 0 bridgehead atoms. The maximum absolute atomic E-state index is 13.7. The van der Waals surface area contributed by atoms with E-state index in [1.807, 2.05) is 18.7 Å². The quantitative estimate of drug-likeness (QED) is 0.894. The number of rotatable bonds is 3. The predicted molar refractivity (Wildman–Crippen MR) is 70.3 cm³/mol. The van der Waals surface area contributed by atoms with E-state index in [0.29, 0.717) is 17.8 Å². The number of para-hydroxylation sites is 1. The summed E-state index contributed by atoms with van der Waals surface area (Å²) in [6.45, 7) is 5.29. The van der Waals surface area contributed by atoms with Crippen molar-refractivity contribution in [1.82, 2.24) is 4.90 Å². The SMILES string of the molecule is CCNc1c(F)cccc1C(=O)N1CCCC1C. The Labute approximate surface area is 107 Å². The van der Waals surface area contributed by atoms with Crippen LogP contribution < -0.4 is 5.32 Å². The van der Waals surface area contributed by atoms with Crippen molar-refractivity contribution in [3.63, 3.8) is 0 Å². The lowest BCUT2D eigenvalue weighted by molar-refractivity contribution is 0.0748.